The molecule has 0 unspecified atom stereocenters. The van der Waals surface area contributed by atoms with Crippen molar-refractivity contribution in [3.63, 3.8) is 0 Å². The van der Waals surface area contributed by atoms with E-state index in [4.69, 9.17) is 4.98 Å². The van der Waals surface area contributed by atoms with Crippen molar-refractivity contribution in [1.82, 2.24) is 14.7 Å². The number of carbonyl (C=O) groups excluding carboxylic acids is 1. The second kappa shape index (κ2) is 7.85. The van der Waals surface area contributed by atoms with E-state index >= 15 is 0 Å². The monoisotopic (exact) mass is 450 g/mol. The maximum absolute atomic E-state index is 13.5. The lowest BCUT2D eigenvalue weighted by atomic mass is 9.93. The summed E-state index contributed by atoms with van der Waals surface area (Å²) >= 11 is 0. The first kappa shape index (κ1) is 20.9. The summed E-state index contributed by atoms with van der Waals surface area (Å²) in [6.45, 7) is 3.86. The van der Waals surface area contributed by atoms with Gasteiger partial charge in [-0.25, -0.2) is 18.1 Å². The zero-order valence-corrected chi connectivity index (χ0v) is 18.9. The second-order valence-corrected chi connectivity index (χ2v) is 10.3. The third-order valence-corrected chi connectivity index (χ3v) is 7.95. The van der Waals surface area contributed by atoms with Crippen molar-refractivity contribution in [2.75, 3.05) is 18.0 Å². The maximum atomic E-state index is 13.5. The fourth-order valence-corrected chi connectivity index (χ4v) is 5.82. The lowest BCUT2D eigenvalue weighted by molar-refractivity contribution is -0.121. The van der Waals surface area contributed by atoms with Crippen LogP contribution < -0.4 is 9.62 Å². The SMILES string of the molecule is CCc1cnc(N2CCCC2)c(C2(C(=O)NS(=O)(=O)c3cccc4ncccc34)CC2)c1. The van der Waals surface area contributed by atoms with Gasteiger partial charge in [-0.2, -0.15) is 0 Å². The van der Waals surface area contributed by atoms with Crippen molar-refractivity contribution < 1.29 is 13.2 Å². The summed E-state index contributed by atoms with van der Waals surface area (Å²) in [5.74, 6) is 0.341. The number of nitrogens with zero attached hydrogens (tertiary/aromatic N) is 3. The maximum Gasteiger partial charge on any atom is 0.264 e. The lowest BCUT2D eigenvalue weighted by Gasteiger charge is -2.25. The summed E-state index contributed by atoms with van der Waals surface area (Å²) in [5.41, 5.74) is 1.61. The molecule has 1 aliphatic heterocycles. The normalized spacial score (nSPS) is 17.5. The zero-order chi connectivity index (χ0) is 22.3. The summed E-state index contributed by atoms with van der Waals surface area (Å²) in [5, 5.41) is 0.493. The summed E-state index contributed by atoms with van der Waals surface area (Å²) in [6.07, 6.45) is 7.70. The van der Waals surface area contributed by atoms with Crippen molar-refractivity contribution in [3.8, 4) is 0 Å². The van der Waals surface area contributed by atoms with Gasteiger partial charge in [0.15, 0.2) is 0 Å². The summed E-state index contributed by atoms with van der Waals surface area (Å²) in [6, 6.07) is 10.3. The number of aromatic nitrogens is 2. The first-order valence-electron chi connectivity index (χ1n) is 11.1. The van der Waals surface area contributed by atoms with Gasteiger partial charge >= 0.3 is 0 Å². The second-order valence-electron chi connectivity index (χ2n) is 8.61. The van der Waals surface area contributed by atoms with Crippen LogP contribution in [0.2, 0.25) is 0 Å². The van der Waals surface area contributed by atoms with E-state index in [1.165, 1.54) is 6.07 Å². The number of anilines is 1. The number of fused-ring (bicyclic) bond motifs is 1. The Bertz CT molecular complexity index is 1290. The van der Waals surface area contributed by atoms with Crippen LogP contribution in [0, 0.1) is 0 Å². The molecule has 2 aliphatic rings. The van der Waals surface area contributed by atoms with Gasteiger partial charge in [0, 0.05) is 36.4 Å². The number of aryl methyl sites for hydroxylation is 1. The van der Waals surface area contributed by atoms with Gasteiger partial charge in [0.05, 0.1) is 15.8 Å². The Morgan fingerprint density at radius 3 is 2.62 bits per heavy atom. The Labute approximate surface area is 187 Å². The van der Waals surface area contributed by atoms with Gasteiger partial charge in [-0.3, -0.25) is 9.78 Å². The van der Waals surface area contributed by atoms with Gasteiger partial charge in [0.1, 0.15) is 5.82 Å². The molecular weight excluding hydrogens is 424 g/mol. The van der Waals surface area contributed by atoms with Crippen LogP contribution in [0.4, 0.5) is 5.82 Å². The van der Waals surface area contributed by atoms with Crippen LogP contribution >= 0.6 is 0 Å². The number of pyridine rings is 2. The largest absolute Gasteiger partial charge is 0.356 e. The van der Waals surface area contributed by atoms with E-state index in [0.29, 0.717) is 23.7 Å². The third kappa shape index (κ3) is 3.52. The number of amides is 1. The summed E-state index contributed by atoms with van der Waals surface area (Å²) < 4.78 is 28.9. The Morgan fingerprint density at radius 2 is 1.91 bits per heavy atom. The molecule has 2 aromatic heterocycles. The minimum atomic E-state index is -4.06. The van der Waals surface area contributed by atoms with Crippen molar-refractivity contribution in [1.29, 1.82) is 0 Å². The van der Waals surface area contributed by atoms with E-state index in [1.54, 1.807) is 30.5 Å². The molecule has 1 amide bonds. The molecule has 32 heavy (non-hydrogen) atoms. The minimum Gasteiger partial charge on any atom is -0.356 e. The predicted octanol–water partition coefficient (Wildman–Crippen LogP) is 3.33. The van der Waals surface area contributed by atoms with Crippen LogP contribution in [0.15, 0.2) is 53.7 Å². The van der Waals surface area contributed by atoms with Crippen molar-refractivity contribution in [3.05, 3.63) is 59.9 Å². The fourth-order valence-electron chi connectivity index (χ4n) is 4.56. The van der Waals surface area contributed by atoms with Crippen LogP contribution in [0.5, 0.6) is 0 Å². The molecule has 1 N–H and O–H groups in total. The van der Waals surface area contributed by atoms with Crippen LogP contribution in [0.3, 0.4) is 0 Å². The number of hydrogen-bond donors (Lipinski definition) is 1. The number of nitrogens with one attached hydrogen (secondary N) is 1. The van der Waals surface area contributed by atoms with Crippen LogP contribution in [-0.2, 0) is 26.7 Å². The molecule has 5 rings (SSSR count). The highest BCUT2D eigenvalue weighted by Crippen LogP contribution is 2.52. The summed E-state index contributed by atoms with van der Waals surface area (Å²) in [4.78, 5) is 24.7. The van der Waals surface area contributed by atoms with Gasteiger partial charge in [-0.1, -0.05) is 13.0 Å². The average Bonchev–Trinajstić information content (AvgIpc) is 3.45. The molecule has 1 aromatic carbocycles. The number of carbonyl (C=O) groups is 1. The molecular formula is C24H26N4O3S. The molecule has 8 heteroatoms. The average molecular weight is 451 g/mol. The van der Waals surface area contributed by atoms with Crippen LogP contribution in [0.25, 0.3) is 10.9 Å². The van der Waals surface area contributed by atoms with E-state index in [1.807, 2.05) is 12.3 Å². The van der Waals surface area contributed by atoms with E-state index in [-0.39, 0.29) is 4.90 Å². The Balaban J connectivity index is 1.51. The van der Waals surface area contributed by atoms with Gasteiger partial charge in [-0.05, 0) is 68.0 Å². The number of benzene rings is 1. The van der Waals surface area contributed by atoms with Gasteiger partial charge in [-0.15, -0.1) is 0 Å². The molecule has 0 bridgehead atoms. The standard InChI is InChI=1S/C24H26N4O3S/c1-2-17-15-19(22(26-16-17)28-13-3-4-14-28)24(10-11-24)23(29)27-32(30,31)21-9-5-8-20-18(21)7-6-12-25-20/h5-9,12,15-16H,2-4,10-11,13-14H2,1H3,(H,27,29). The number of hydrogen-bond acceptors (Lipinski definition) is 6. The van der Waals surface area contributed by atoms with Crippen LogP contribution in [-0.4, -0.2) is 37.4 Å². The summed E-state index contributed by atoms with van der Waals surface area (Å²) in [7, 11) is -4.06. The van der Waals surface area contributed by atoms with Gasteiger partial charge in [0.2, 0.25) is 5.91 Å². The molecule has 1 saturated heterocycles. The molecule has 7 nitrogen and oxygen atoms in total. The first-order chi connectivity index (χ1) is 15.4. The third-order valence-electron chi connectivity index (χ3n) is 6.56. The highest BCUT2D eigenvalue weighted by atomic mass is 32.2. The van der Waals surface area contributed by atoms with Crippen molar-refractivity contribution in [2.24, 2.45) is 0 Å². The van der Waals surface area contributed by atoms with E-state index in [2.05, 4.69) is 21.5 Å². The molecule has 0 atom stereocenters. The van der Waals surface area contributed by atoms with Crippen LogP contribution in [0.1, 0.15) is 43.7 Å². The fraction of sp³-hybridized carbons (Fsp3) is 0.375. The molecule has 2 fully saturated rings. The smallest absolute Gasteiger partial charge is 0.264 e. The number of sulfonamides is 1. The Morgan fingerprint density at radius 1 is 1.12 bits per heavy atom. The van der Waals surface area contributed by atoms with Gasteiger partial charge in [0.25, 0.3) is 10.0 Å². The highest BCUT2D eigenvalue weighted by Gasteiger charge is 2.54. The molecule has 3 aromatic rings. The lowest BCUT2D eigenvalue weighted by Crippen LogP contribution is -2.40. The van der Waals surface area contributed by atoms with E-state index in [0.717, 1.165) is 49.3 Å². The van der Waals surface area contributed by atoms with Crippen molar-refractivity contribution >= 4 is 32.7 Å². The van der Waals surface area contributed by atoms with Gasteiger partial charge < -0.3 is 4.90 Å². The number of rotatable bonds is 6. The van der Waals surface area contributed by atoms with Crippen molar-refractivity contribution in [2.45, 2.75) is 49.3 Å². The molecule has 0 radical (unpaired) electrons. The van der Waals surface area contributed by atoms with E-state index in [9.17, 15) is 13.2 Å². The first-order valence-corrected chi connectivity index (χ1v) is 12.6. The molecule has 0 spiro atoms. The highest BCUT2D eigenvalue weighted by molar-refractivity contribution is 7.90. The Kier molecular flexibility index (Phi) is 5.12. The quantitative estimate of drug-likeness (QED) is 0.619. The molecule has 1 aliphatic carbocycles. The van der Waals surface area contributed by atoms with E-state index < -0.39 is 21.3 Å². The predicted molar refractivity (Wildman–Crippen MR) is 123 cm³/mol. The topological polar surface area (TPSA) is 92.3 Å². The minimum absolute atomic E-state index is 0.0625. The molecule has 3 heterocycles. The molecule has 166 valence electrons. The molecule has 1 saturated carbocycles. The zero-order valence-electron chi connectivity index (χ0n) is 18.0. The Hall–Kier alpha value is -3.00.